The third-order valence-electron chi connectivity index (χ3n) is 3.39. The fraction of sp³-hybridized carbons (Fsp3) is 0.429. The van der Waals surface area contributed by atoms with Crippen LogP contribution in [0.4, 0.5) is 5.69 Å². The van der Waals surface area contributed by atoms with E-state index in [2.05, 4.69) is 10.6 Å². The molecule has 0 atom stereocenters. The van der Waals surface area contributed by atoms with Crippen molar-refractivity contribution in [2.75, 3.05) is 18.4 Å². The normalized spacial score (nSPS) is 16.0. The van der Waals surface area contributed by atoms with Crippen LogP contribution in [0.3, 0.4) is 0 Å². The summed E-state index contributed by atoms with van der Waals surface area (Å²) in [5.41, 5.74) is 6.30. The molecule has 1 aromatic carbocycles. The lowest BCUT2D eigenvalue weighted by molar-refractivity contribution is -0.117. The number of primary amides is 1. The zero-order valence-corrected chi connectivity index (χ0v) is 10.8. The lowest BCUT2D eigenvalue weighted by Crippen LogP contribution is -2.30. The molecule has 0 radical (unpaired) electrons. The number of hydrogen-bond acceptors (Lipinski definition) is 3. The second-order valence-electron chi connectivity index (χ2n) is 4.89. The summed E-state index contributed by atoms with van der Waals surface area (Å²) >= 11 is 0. The van der Waals surface area contributed by atoms with Gasteiger partial charge in [-0.25, -0.2) is 0 Å². The largest absolute Gasteiger partial charge is 0.366 e. The van der Waals surface area contributed by atoms with Gasteiger partial charge >= 0.3 is 0 Å². The molecule has 0 unspecified atom stereocenters. The number of piperidine rings is 1. The average Bonchev–Trinajstić information content (AvgIpc) is 2.40. The molecule has 0 saturated carbocycles. The Morgan fingerprint density at radius 2 is 1.84 bits per heavy atom. The van der Waals surface area contributed by atoms with E-state index in [0.29, 0.717) is 23.6 Å². The van der Waals surface area contributed by atoms with Crippen LogP contribution in [0.25, 0.3) is 0 Å². The highest BCUT2D eigenvalue weighted by atomic mass is 16.2. The Balaban J connectivity index is 1.85. The Kier molecular flexibility index (Phi) is 4.52. The Labute approximate surface area is 112 Å². The fourth-order valence-corrected chi connectivity index (χ4v) is 2.28. The molecule has 0 bridgehead atoms. The number of nitrogens with two attached hydrogens (primary N) is 1. The summed E-state index contributed by atoms with van der Waals surface area (Å²) in [7, 11) is 0. The maximum absolute atomic E-state index is 11.9. The maximum Gasteiger partial charge on any atom is 0.248 e. The number of carbonyl (C=O) groups excluding carboxylic acids is 2. The zero-order valence-electron chi connectivity index (χ0n) is 10.8. The van der Waals surface area contributed by atoms with Crippen LogP contribution in [0.2, 0.25) is 0 Å². The minimum Gasteiger partial charge on any atom is -0.366 e. The molecule has 0 spiro atoms. The third-order valence-corrected chi connectivity index (χ3v) is 3.39. The number of amides is 2. The lowest BCUT2D eigenvalue weighted by Gasteiger charge is -2.21. The van der Waals surface area contributed by atoms with Gasteiger partial charge in [-0.2, -0.15) is 0 Å². The van der Waals surface area contributed by atoms with E-state index in [9.17, 15) is 9.59 Å². The predicted octanol–water partition coefficient (Wildman–Crippen LogP) is 1.11. The van der Waals surface area contributed by atoms with Crippen molar-refractivity contribution in [1.29, 1.82) is 0 Å². The molecule has 4 N–H and O–H groups in total. The number of nitrogens with one attached hydrogen (secondary N) is 2. The van der Waals surface area contributed by atoms with Gasteiger partial charge in [-0.05, 0) is 56.1 Å². The highest BCUT2D eigenvalue weighted by molar-refractivity contribution is 5.94. The summed E-state index contributed by atoms with van der Waals surface area (Å²) in [5, 5.41) is 6.12. The van der Waals surface area contributed by atoms with E-state index < -0.39 is 5.91 Å². The Bertz CT molecular complexity index is 450. The van der Waals surface area contributed by atoms with Crippen molar-refractivity contribution >= 4 is 17.5 Å². The first-order valence-electron chi connectivity index (χ1n) is 6.55. The topological polar surface area (TPSA) is 84.2 Å². The van der Waals surface area contributed by atoms with Gasteiger partial charge in [-0.15, -0.1) is 0 Å². The van der Waals surface area contributed by atoms with Crippen LogP contribution in [-0.2, 0) is 4.79 Å². The van der Waals surface area contributed by atoms with E-state index in [0.717, 1.165) is 25.9 Å². The predicted molar refractivity (Wildman–Crippen MR) is 73.8 cm³/mol. The van der Waals surface area contributed by atoms with Gasteiger partial charge in [-0.3, -0.25) is 9.59 Å². The Morgan fingerprint density at radius 1 is 1.21 bits per heavy atom. The molecular formula is C14H19N3O2. The first-order chi connectivity index (χ1) is 9.15. The van der Waals surface area contributed by atoms with E-state index >= 15 is 0 Å². The molecule has 1 fully saturated rings. The van der Waals surface area contributed by atoms with Gasteiger partial charge in [0.2, 0.25) is 11.8 Å². The average molecular weight is 261 g/mol. The van der Waals surface area contributed by atoms with Gasteiger partial charge in [0.1, 0.15) is 0 Å². The molecule has 5 heteroatoms. The zero-order chi connectivity index (χ0) is 13.7. The first-order valence-corrected chi connectivity index (χ1v) is 6.55. The molecule has 1 aliphatic heterocycles. The third kappa shape index (κ3) is 4.06. The summed E-state index contributed by atoms with van der Waals surface area (Å²) in [6.45, 7) is 1.98. The molecule has 102 valence electrons. The molecule has 1 heterocycles. The molecule has 1 aliphatic rings. The van der Waals surface area contributed by atoms with Crippen LogP contribution < -0.4 is 16.4 Å². The fourth-order valence-electron chi connectivity index (χ4n) is 2.28. The van der Waals surface area contributed by atoms with Gasteiger partial charge in [0, 0.05) is 17.7 Å². The summed E-state index contributed by atoms with van der Waals surface area (Å²) in [6, 6.07) is 6.62. The van der Waals surface area contributed by atoms with Gasteiger partial charge < -0.3 is 16.4 Å². The molecule has 5 nitrogen and oxygen atoms in total. The van der Waals surface area contributed by atoms with Crippen LogP contribution in [-0.4, -0.2) is 24.9 Å². The van der Waals surface area contributed by atoms with Crippen LogP contribution in [0.15, 0.2) is 24.3 Å². The van der Waals surface area contributed by atoms with Crippen LogP contribution in [0, 0.1) is 5.92 Å². The second kappa shape index (κ2) is 6.33. The molecule has 1 saturated heterocycles. The molecule has 2 rings (SSSR count). The van der Waals surface area contributed by atoms with Crippen molar-refractivity contribution < 1.29 is 9.59 Å². The highest BCUT2D eigenvalue weighted by Gasteiger charge is 2.16. The summed E-state index contributed by atoms with van der Waals surface area (Å²) in [6.07, 6.45) is 2.65. The number of rotatable bonds is 4. The SMILES string of the molecule is NC(=O)c1ccc(NC(=O)CC2CCNCC2)cc1. The first kappa shape index (κ1) is 13.5. The summed E-state index contributed by atoms with van der Waals surface area (Å²) in [5.74, 6) is 0.0254. The van der Waals surface area contributed by atoms with Gasteiger partial charge in [0.05, 0.1) is 0 Å². The molecule has 0 aromatic heterocycles. The number of anilines is 1. The van der Waals surface area contributed by atoms with Crippen LogP contribution >= 0.6 is 0 Å². The Morgan fingerprint density at radius 3 is 2.42 bits per heavy atom. The highest BCUT2D eigenvalue weighted by Crippen LogP contribution is 2.17. The van der Waals surface area contributed by atoms with Crippen molar-refractivity contribution in [3.63, 3.8) is 0 Å². The number of benzene rings is 1. The summed E-state index contributed by atoms with van der Waals surface area (Å²) in [4.78, 5) is 22.8. The minimum absolute atomic E-state index is 0.0266. The van der Waals surface area contributed by atoms with E-state index in [1.54, 1.807) is 24.3 Å². The summed E-state index contributed by atoms with van der Waals surface area (Å²) < 4.78 is 0. The maximum atomic E-state index is 11.9. The van der Waals surface area contributed by atoms with Crippen molar-refractivity contribution in [3.05, 3.63) is 29.8 Å². The van der Waals surface area contributed by atoms with Crippen molar-refractivity contribution in [1.82, 2.24) is 5.32 Å². The smallest absolute Gasteiger partial charge is 0.248 e. The van der Waals surface area contributed by atoms with Crippen molar-refractivity contribution in [3.8, 4) is 0 Å². The van der Waals surface area contributed by atoms with Gasteiger partial charge in [-0.1, -0.05) is 0 Å². The molecular weight excluding hydrogens is 242 g/mol. The monoisotopic (exact) mass is 261 g/mol. The number of carbonyl (C=O) groups is 2. The molecule has 19 heavy (non-hydrogen) atoms. The minimum atomic E-state index is -0.465. The van der Waals surface area contributed by atoms with Crippen molar-refractivity contribution in [2.45, 2.75) is 19.3 Å². The Hall–Kier alpha value is -1.88. The van der Waals surface area contributed by atoms with Crippen LogP contribution in [0.1, 0.15) is 29.6 Å². The van der Waals surface area contributed by atoms with Crippen LogP contribution in [0.5, 0.6) is 0 Å². The quantitative estimate of drug-likeness (QED) is 0.759. The van der Waals surface area contributed by atoms with E-state index in [4.69, 9.17) is 5.73 Å². The van der Waals surface area contributed by atoms with Gasteiger partial charge in [0.25, 0.3) is 0 Å². The van der Waals surface area contributed by atoms with Gasteiger partial charge in [0.15, 0.2) is 0 Å². The molecule has 1 aromatic rings. The van der Waals surface area contributed by atoms with E-state index in [1.807, 2.05) is 0 Å². The lowest BCUT2D eigenvalue weighted by atomic mass is 9.94. The molecule has 0 aliphatic carbocycles. The standard InChI is InChI=1S/C14H19N3O2/c15-14(19)11-1-3-12(4-2-11)17-13(18)9-10-5-7-16-8-6-10/h1-4,10,16H,5-9H2,(H2,15,19)(H,17,18). The molecule has 2 amide bonds. The van der Waals surface area contributed by atoms with Crippen molar-refractivity contribution in [2.24, 2.45) is 11.7 Å². The van der Waals surface area contributed by atoms with E-state index in [-0.39, 0.29) is 5.91 Å². The number of hydrogen-bond donors (Lipinski definition) is 3. The second-order valence-corrected chi connectivity index (χ2v) is 4.89. The van der Waals surface area contributed by atoms with E-state index in [1.165, 1.54) is 0 Å².